The number of aromatic amines is 1. The highest BCUT2D eigenvalue weighted by atomic mass is 16.6. The molecule has 0 saturated heterocycles. The van der Waals surface area contributed by atoms with Crippen molar-refractivity contribution in [3.8, 4) is 5.75 Å². The summed E-state index contributed by atoms with van der Waals surface area (Å²) in [6, 6.07) is 11.9. The van der Waals surface area contributed by atoms with Crippen LogP contribution in [0.2, 0.25) is 0 Å². The van der Waals surface area contributed by atoms with Gasteiger partial charge in [-0.05, 0) is 30.2 Å². The maximum Gasteiger partial charge on any atom is 0.296 e. The number of hydrogen-bond donors (Lipinski definition) is 3. The maximum absolute atomic E-state index is 12.7. The number of rotatable bonds is 8. The molecule has 0 bridgehead atoms. The minimum absolute atomic E-state index is 0.142. The van der Waals surface area contributed by atoms with Crippen molar-refractivity contribution in [3.05, 3.63) is 81.8 Å². The summed E-state index contributed by atoms with van der Waals surface area (Å²) in [7, 11) is 1.43. The van der Waals surface area contributed by atoms with Crippen LogP contribution in [0.15, 0.2) is 60.0 Å². The lowest BCUT2D eigenvalue weighted by molar-refractivity contribution is -0.383. The number of methoxy groups -OCH3 is 1. The van der Waals surface area contributed by atoms with E-state index in [4.69, 9.17) is 10.5 Å². The van der Waals surface area contributed by atoms with Crippen LogP contribution >= 0.6 is 0 Å². The van der Waals surface area contributed by atoms with E-state index in [1.165, 1.54) is 13.2 Å². The number of aromatic nitrogens is 1. The molecule has 3 rings (SSSR count). The summed E-state index contributed by atoms with van der Waals surface area (Å²) < 4.78 is 5.11. The number of benzene rings is 2. The van der Waals surface area contributed by atoms with Crippen molar-refractivity contribution >= 4 is 28.1 Å². The number of nitrogens with zero attached hydrogens (tertiary/aromatic N) is 2. The van der Waals surface area contributed by atoms with Crippen LogP contribution in [-0.2, 0) is 6.42 Å². The van der Waals surface area contributed by atoms with E-state index in [2.05, 4.69) is 22.1 Å². The molecule has 0 aliphatic carbocycles. The zero-order valence-corrected chi connectivity index (χ0v) is 16.6. The first kappa shape index (κ1) is 20.6. The van der Waals surface area contributed by atoms with Gasteiger partial charge in [0.2, 0.25) is 0 Å². The van der Waals surface area contributed by atoms with Gasteiger partial charge in [-0.2, -0.15) is 5.10 Å². The smallest absolute Gasteiger partial charge is 0.296 e. The number of carbonyl (C=O) groups is 1. The lowest BCUT2D eigenvalue weighted by Gasteiger charge is -2.04. The molecule has 1 heterocycles. The van der Waals surface area contributed by atoms with Gasteiger partial charge in [0.1, 0.15) is 17.1 Å². The average molecular weight is 407 g/mol. The van der Waals surface area contributed by atoms with E-state index in [-0.39, 0.29) is 23.7 Å². The van der Waals surface area contributed by atoms with Crippen LogP contribution in [-0.4, -0.2) is 28.5 Å². The van der Waals surface area contributed by atoms with Gasteiger partial charge in [-0.15, -0.1) is 0 Å². The number of hydrazone groups is 1. The van der Waals surface area contributed by atoms with Crippen molar-refractivity contribution in [2.75, 3.05) is 7.11 Å². The lowest BCUT2D eigenvalue weighted by atomic mass is 10.0. The Labute approximate surface area is 172 Å². The van der Waals surface area contributed by atoms with E-state index in [0.29, 0.717) is 22.3 Å². The second kappa shape index (κ2) is 8.48. The minimum Gasteiger partial charge on any atom is -0.496 e. The van der Waals surface area contributed by atoms with E-state index in [0.717, 1.165) is 16.8 Å². The number of ketones is 1. The average Bonchev–Trinajstić information content (AvgIpc) is 3.15. The molecule has 154 valence electrons. The van der Waals surface area contributed by atoms with Gasteiger partial charge < -0.3 is 15.5 Å². The number of hydrogen-bond acceptors (Lipinski definition) is 7. The van der Waals surface area contributed by atoms with Crippen LogP contribution in [0.1, 0.15) is 28.5 Å². The zero-order chi connectivity index (χ0) is 21.8. The lowest BCUT2D eigenvalue weighted by Crippen LogP contribution is -2.14. The highest BCUT2D eigenvalue weighted by molar-refractivity contribution is 6.03. The Morgan fingerprint density at radius 3 is 2.60 bits per heavy atom. The quantitative estimate of drug-likeness (QED) is 0.227. The van der Waals surface area contributed by atoms with Gasteiger partial charge in [-0.3, -0.25) is 20.3 Å². The molecule has 9 heteroatoms. The van der Waals surface area contributed by atoms with Crippen molar-refractivity contribution in [1.29, 1.82) is 0 Å². The normalized spacial score (nSPS) is 11.3. The third kappa shape index (κ3) is 4.46. The van der Waals surface area contributed by atoms with E-state index in [9.17, 15) is 14.9 Å². The molecule has 4 N–H and O–H groups in total. The summed E-state index contributed by atoms with van der Waals surface area (Å²) in [4.78, 5) is 26.4. The fraction of sp³-hybridized carbons (Fsp3) is 0.143. The number of nitro benzene ring substituents is 1. The van der Waals surface area contributed by atoms with Gasteiger partial charge in [0.05, 0.1) is 29.5 Å². The molecular weight excluding hydrogens is 386 g/mol. The zero-order valence-electron chi connectivity index (χ0n) is 16.6. The highest BCUT2D eigenvalue weighted by Gasteiger charge is 2.19. The van der Waals surface area contributed by atoms with Crippen LogP contribution in [0, 0.1) is 10.1 Å². The third-order valence-corrected chi connectivity index (χ3v) is 4.52. The number of ether oxygens (including phenoxy) is 1. The van der Waals surface area contributed by atoms with E-state index in [1.54, 1.807) is 12.1 Å². The second-order valence-corrected chi connectivity index (χ2v) is 6.68. The molecule has 0 unspecified atom stereocenters. The summed E-state index contributed by atoms with van der Waals surface area (Å²) in [6.07, 6.45) is 0.145. The van der Waals surface area contributed by atoms with Crippen molar-refractivity contribution in [3.63, 3.8) is 0 Å². The van der Waals surface area contributed by atoms with Crippen molar-refractivity contribution in [2.45, 2.75) is 13.3 Å². The first-order valence-corrected chi connectivity index (χ1v) is 9.01. The van der Waals surface area contributed by atoms with Gasteiger partial charge in [-0.1, -0.05) is 30.8 Å². The Bertz CT molecular complexity index is 1160. The van der Waals surface area contributed by atoms with Crippen LogP contribution in [0.3, 0.4) is 0 Å². The number of nitrogens with two attached hydrogens (primary N) is 1. The van der Waals surface area contributed by atoms with Gasteiger partial charge in [0, 0.05) is 11.8 Å². The Kier molecular flexibility index (Phi) is 5.82. The SMILES string of the molecule is C=C(N)N/N=C(\C)c1ccc(CC(=O)c2cc3cc(OC)cc([N+](=O)[O-])c3[nH]2)cc1. The van der Waals surface area contributed by atoms with E-state index in [1.807, 2.05) is 31.2 Å². The molecule has 0 aliphatic rings. The fourth-order valence-electron chi connectivity index (χ4n) is 2.97. The van der Waals surface area contributed by atoms with Crippen molar-refractivity contribution in [1.82, 2.24) is 10.4 Å². The second-order valence-electron chi connectivity index (χ2n) is 6.68. The van der Waals surface area contributed by atoms with Gasteiger partial charge >= 0.3 is 0 Å². The molecule has 0 saturated carbocycles. The molecule has 0 radical (unpaired) electrons. The topological polar surface area (TPSA) is 136 Å². The molecule has 0 aliphatic heterocycles. The first-order valence-electron chi connectivity index (χ1n) is 9.01. The molecule has 2 aromatic carbocycles. The monoisotopic (exact) mass is 407 g/mol. The molecule has 0 spiro atoms. The first-order chi connectivity index (χ1) is 14.3. The summed E-state index contributed by atoms with van der Waals surface area (Å²) >= 11 is 0. The molecule has 1 aromatic heterocycles. The molecule has 9 nitrogen and oxygen atoms in total. The fourth-order valence-corrected chi connectivity index (χ4v) is 2.97. The van der Waals surface area contributed by atoms with Crippen LogP contribution in [0.25, 0.3) is 10.9 Å². The number of carbonyl (C=O) groups excluding carboxylic acids is 1. The van der Waals surface area contributed by atoms with Gasteiger partial charge in [-0.25, -0.2) is 0 Å². The number of non-ortho nitro benzene ring substituents is 1. The summed E-state index contributed by atoms with van der Waals surface area (Å²) in [5.74, 6) is 0.416. The molecular formula is C21H21N5O4. The Morgan fingerprint density at radius 1 is 1.30 bits per heavy atom. The van der Waals surface area contributed by atoms with Crippen molar-refractivity contribution < 1.29 is 14.5 Å². The Morgan fingerprint density at radius 2 is 2.00 bits per heavy atom. The van der Waals surface area contributed by atoms with Crippen LogP contribution in [0.5, 0.6) is 5.75 Å². The van der Waals surface area contributed by atoms with Crippen molar-refractivity contribution in [2.24, 2.45) is 10.8 Å². The Hall–Kier alpha value is -4.14. The largest absolute Gasteiger partial charge is 0.496 e. The summed E-state index contributed by atoms with van der Waals surface area (Å²) in [5, 5.41) is 16.0. The summed E-state index contributed by atoms with van der Waals surface area (Å²) in [5.41, 5.74) is 10.9. The molecule has 0 fully saturated rings. The summed E-state index contributed by atoms with van der Waals surface area (Å²) in [6.45, 7) is 5.33. The maximum atomic E-state index is 12.7. The number of fused-ring (bicyclic) bond motifs is 1. The van der Waals surface area contributed by atoms with Gasteiger partial charge in [0.15, 0.2) is 5.78 Å². The number of Topliss-reactive ketones (excluding diaryl/α,β-unsaturated/α-hetero) is 1. The molecule has 30 heavy (non-hydrogen) atoms. The predicted molar refractivity (Wildman–Crippen MR) is 115 cm³/mol. The standard InChI is InChI=1S/C21H21N5O4/c1-12(24-25-13(2)22)15-6-4-14(5-7-15)8-20(27)18-10-16-9-17(30-3)11-19(26(28)29)21(16)23-18/h4-7,9-11,23,25H,2,8,22H2,1,3H3/b24-12+. The Balaban J connectivity index is 1.81. The highest BCUT2D eigenvalue weighted by Crippen LogP contribution is 2.31. The third-order valence-electron chi connectivity index (χ3n) is 4.52. The molecule has 0 amide bonds. The molecule has 0 atom stereocenters. The van der Waals surface area contributed by atoms with E-state index >= 15 is 0 Å². The van der Waals surface area contributed by atoms with Crippen LogP contribution < -0.4 is 15.9 Å². The predicted octanol–water partition coefficient (Wildman–Crippen LogP) is 3.25. The van der Waals surface area contributed by atoms with Gasteiger partial charge in [0.25, 0.3) is 5.69 Å². The number of nitrogens with one attached hydrogen (secondary N) is 2. The molecule has 3 aromatic rings. The number of nitro groups is 1. The van der Waals surface area contributed by atoms with E-state index < -0.39 is 4.92 Å². The van der Waals surface area contributed by atoms with Crippen LogP contribution in [0.4, 0.5) is 5.69 Å². The number of H-pyrrole nitrogens is 1. The minimum atomic E-state index is -0.507.